The number of carbonyl (C=O) groups is 1. The zero-order valence-electron chi connectivity index (χ0n) is 15.3. The number of nitrogens with zero attached hydrogens (tertiary/aromatic N) is 4. The van der Waals surface area contributed by atoms with Crippen LogP contribution in [-0.4, -0.2) is 25.7 Å². The first-order chi connectivity index (χ1) is 14.4. The molecule has 152 valence electrons. The Kier molecular flexibility index (Phi) is 5.32. The number of alkyl halides is 3. The van der Waals surface area contributed by atoms with E-state index in [9.17, 15) is 18.0 Å². The molecule has 10 heteroatoms. The molecule has 2 aromatic heterocycles. The lowest BCUT2D eigenvalue weighted by atomic mass is 10.1. The van der Waals surface area contributed by atoms with Crippen LogP contribution in [0.1, 0.15) is 26.4 Å². The number of hydrogen-bond donors (Lipinski definition) is 1. The largest absolute Gasteiger partial charge is 0.416 e. The van der Waals surface area contributed by atoms with Crippen molar-refractivity contribution >= 4 is 22.4 Å². The van der Waals surface area contributed by atoms with Gasteiger partial charge in [0.15, 0.2) is 5.13 Å². The Morgan fingerprint density at radius 1 is 1.13 bits per heavy atom. The molecule has 6 nitrogen and oxygen atoms in total. The number of nitrogens with one attached hydrogen (secondary N) is 1. The summed E-state index contributed by atoms with van der Waals surface area (Å²) in [6, 6.07) is 12.0. The molecule has 0 bridgehead atoms. The van der Waals surface area contributed by atoms with E-state index < -0.39 is 11.7 Å². The lowest BCUT2D eigenvalue weighted by Crippen LogP contribution is -2.11. The van der Waals surface area contributed by atoms with Crippen LogP contribution in [0.3, 0.4) is 0 Å². The second-order valence-electron chi connectivity index (χ2n) is 6.35. The average molecular weight is 429 g/mol. The summed E-state index contributed by atoms with van der Waals surface area (Å²) in [6.45, 7) is 0. The number of halogens is 3. The summed E-state index contributed by atoms with van der Waals surface area (Å²) in [6.07, 6.45) is 0.432. The highest BCUT2D eigenvalue weighted by molar-refractivity contribution is 7.15. The third-order valence-corrected chi connectivity index (χ3v) is 5.13. The van der Waals surface area contributed by atoms with Gasteiger partial charge >= 0.3 is 6.18 Å². The maximum absolute atomic E-state index is 12.9. The molecule has 0 spiro atoms. The number of carbonyl (C=O) groups excluding carboxylic acids is 1. The Morgan fingerprint density at radius 2 is 1.93 bits per heavy atom. The quantitative estimate of drug-likeness (QED) is 0.504. The zero-order valence-corrected chi connectivity index (χ0v) is 16.1. The van der Waals surface area contributed by atoms with Gasteiger partial charge in [-0.3, -0.25) is 10.1 Å². The predicted molar refractivity (Wildman–Crippen MR) is 106 cm³/mol. The molecule has 30 heavy (non-hydrogen) atoms. The van der Waals surface area contributed by atoms with Gasteiger partial charge in [0, 0.05) is 23.1 Å². The van der Waals surface area contributed by atoms with E-state index in [0.29, 0.717) is 22.7 Å². The van der Waals surface area contributed by atoms with Gasteiger partial charge < -0.3 is 0 Å². The highest BCUT2D eigenvalue weighted by Gasteiger charge is 2.30. The van der Waals surface area contributed by atoms with Gasteiger partial charge in [-0.25, -0.2) is 14.6 Å². The van der Waals surface area contributed by atoms with Gasteiger partial charge in [0.2, 0.25) is 0 Å². The molecule has 4 rings (SSSR count). The highest BCUT2D eigenvalue weighted by Crippen LogP contribution is 2.30. The topological polar surface area (TPSA) is 72.7 Å². The average Bonchev–Trinajstić information content (AvgIpc) is 3.40. The summed E-state index contributed by atoms with van der Waals surface area (Å²) in [4.78, 5) is 21.2. The first kappa shape index (κ1) is 19.8. The Morgan fingerprint density at radius 3 is 2.63 bits per heavy atom. The van der Waals surface area contributed by atoms with E-state index in [-0.39, 0.29) is 5.91 Å². The molecule has 0 unspecified atom stereocenters. The van der Waals surface area contributed by atoms with Gasteiger partial charge in [-0.05, 0) is 35.9 Å². The second-order valence-corrected chi connectivity index (χ2v) is 7.46. The summed E-state index contributed by atoms with van der Waals surface area (Å²) < 4.78 is 40.1. The molecule has 0 saturated carbocycles. The van der Waals surface area contributed by atoms with Crippen molar-refractivity contribution in [2.75, 3.05) is 5.32 Å². The summed E-state index contributed by atoms with van der Waals surface area (Å²) in [5.41, 5.74) is 1.04. The van der Waals surface area contributed by atoms with Gasteiger partial charge in [-0.2, -0.15) is 18.3 Å². The minimum absolute atomic E-state index is 0.296. The molecule has 0 aliphatic carbocycles. The number of aromatic nitrogens is 4. The Balaban J connectivity index is 1.41. The molecule has 2 heterocycles. The molecule has 4 aromatic rings. The smallest absolute Gasteiger partial charge is 0.298 e. The van der Waals surface area contributed by atoms with E-state index in [2.05, 4.69) is 20.4 Å². The highest BCUT2D eigenvalue weighted by atomic mass is 32.1. The summed E-state index contributed by atoms with van der Waals surface area (Å²) in [5, 5.41) is 7.10. The SMILES string of the molecule is O=C(Nc1ncc(Cc2cccc(C(F)(F)F)c2)s1)c1ccc(-n2cncn2)cc1. The van der Waals surface area contributed by atoms with E-state index in [1.165, 1.54) is 23.7 Å². The number of thiazole rings is 1. The van der Waals surface area contributed by atoms with Crippen molar-refractivity contribution in [2.24, 2.45) is 0 Å². The summed E-state index contributed by atoms with van der Waals surface area (Å²) in [7, 11) is 0. The van der Waals surface area contributed by atoms with Crippen LogP contribution in [0.15, 0.2) is 67.4 Å². The maximum atomic E-state index is 12.9. The number of benzene rings is 2. The first-order valence-corrected chi connectivity index (χ1v) is 9.57. The van der Waals surface area contributed by atoms with E-state index in [1.54, 1.807) is 47.5 Å². The summed E-state index contributed by atoms with van der Waals surface area (Å²) in [5.74, 6) is -0.333. The second kappa shape index (κ2) is 8.07. The molecule has 1 N–H and O–H groups in total. The van der Waals surface area contributed by atoms with Crippen LogP contribution in [0.25, 0.3) is 5.69 Å². The van der Waals surface area contributed by atoms with Crippen LogP contribution in [0.4, 0.5) is 18.3 Å². The van der Waals surface area contributed by atoms with Gasteiger partial charge in [-0.1, -0.05) is 18.2 Å². The van der Waals surface area contributed by atoms with Crippen molar-refractivity contribution in [3.63, 3.8) is 0 Å². The number of amides is 1. The Labute approximate surface area is 173 Å². The molecular formula is C20H14F3N5OS. The minimum atomic E-state index is -4.38. The fraction of sp³-hybridized carbons (Fsp3) is 0.100. The predicted octanol–water partition coefficient (Wildman–Crippen LogP) is 4.59. The monoisotopic (exact) mass is 429 g/mol. The normalized spacial score (nSPS) is 11.4. The van der Waals surface area contributed by atoms with Gasteiger partial charge in [0.05, 0.1) is 11.3 Å². The molecule has 0 saturated heterocycles. The fourth-order valence-corrected chi connectivity index (χ4v) is 3.62. The van der Waals surface area contributed by atoms with Crippen LogP contribution in [0, 0.1) is 0 Å². The van der Waals surface area contributed by atoms with E-state index >= 15 is 0 Å². The fourth-order valence-electron chi connectivity index (χ4n) is 2.78. The van der Waals surface area contributed by atoms with Crippen molar-refractivity contribution in [1.82, 2.24) is 19.7 Å². The van der Waals surface area contributed by atoms with Gasteiger partial charge in [0.25, 0.3) is 5.91 Å². The molecule has 0 atom stereocenters. The van der Waals surface area contributed by atoms with Crippen LogP contribution in [-0.2, 0) is 12.6 Å². The summed E-state index contributed by atoms with van der Waals surface area (Å²) >= 11 is 1.22. The van der Waals surface area contributed by atoms with Crippen molar-refractivity contribution in [1.29, 1.82) is 0 Å². The third-order valence-electron chi connectivity index (χ3n) is 4.22. The Bertz CT molecular complexity index is 1150. The zero-order chi connectivity index (χ0) is 21.1. The van der Waals surface area contributed by atoms with Crippen LogP contribution >= 0.6 is 11.3 Å². The van der Waals surface area contributed by atoms with Crippen molar-refractivity contribution in [3.8, 4) is 5.69 Å². The number of rotatable bonds is 5. The van der Waals surface area contributed by atoms with Crippen molar-refractivity contribution < 1.29 is 18.0 Å². The lowest BCUT2D eigenvalue weighted by molar-refractivity contribution is -0.137. The van der Waals surface area contributed by atoms with Crippen LogP contribution in [0.5, 0.6) is 0 Å². The minimum Gasteiger partial charge on any atom is -0.298 e. The number of anilines is 1. The standard InChI is InChI=1S/C20H14F3N5OS/c21-20(22,23)15-3-1-2-13(8-15)9-17-10-25-19(30-17)27-18(29)14-4-6-16(7-5-14)28-12-24-11-26-28/h1-8,10-12H,9H2,(H,25,27,29). The van der Waals surface area contributed by atoms with Crippen LogP contribution < -0.4 is 5.32 Å². The molecule has 0 radical (unpaired) electrons. The van der Waals surface area contributed by atoms with E-state index in [4.69, 9.17) is 0 Å². The number of hydrogen-bond acceptors (Lipinski definition) is 5. The van der Waals surface area contributed by atoms with E-state index in [0.717, 1.165) is 22.7 Å². The molecule has 0 fully saturated rings. The third kappa shape index (κ3) is 4.54. The van der Waals surface area contributed by atoms with Crippen LogP contribution in [0.2, 0.25) is 0 Å². The molecule has 0 aliphatic heterocycles. The first-order valence-electron chi connectivity index (χ1n) is 8.76. The van der Waals surface area contributed by atoms with Gasteiger partial charge in [-0.15, -0.1) is 11.3 Å². The molecule has 2 aromatic carbocycles. The maximum Gasteiger partial charge on any atom is 0.416 e. The van der Waals surface area contributed by atoms with Crippen molar-refractivity contribution in [3.05, 3.63) is 88.9 Å². The molecular weight excluding hydrogens is 415 g/mol. The Hall–Kier alpha value is -3.53. The van der Waals surface area contributed by atoms with Crippen molar-refractivity contribution in [2.45, 2.75) is 12.6 Å². The molecule has 0 aliphatic rings. The van der Waals surface area contributed by atoms with E-state index in [1.807, 2.05) is 0 Å². The lowest BCUT2D eigenvalue weighted by Gasteiger charge is -2.07. The molecule has 1 amide bonds. The van der Waals surface area contributed by atoms with Gasteiger partial charge in [0.1, 0.15) is 12.7 Å².